The van der Waals surface area contributed by atoms with Crippen LogP contribution in [0.25, 0.3) is 0 Å². The summed E-state index contributed by atoms with van der Waals surface area (Å²) in [5, 5.41) is 3.45. The van der Waals surface area contributed by atoms with Crippen LogP contribution in [0.2, 0.25) is 0 Å². The van der Waals surface area contributed by atoms with Gasteiger partial charge in [-0.1, -0.05) is 19.1 Å². The molecule has 8 nitrogen and oxygen atoms in total. The zero-order valence-electron chi connectivity index (χ0n) is 14.5. The molecule has 2 fully saturated rings. The Bertz CT molecular complexity index is 740. The summed E-state index contributed by atoms with van der Waals surface area (Å²) in [5.41, 5.74) is 1.68. The number of rotatable bonds is 5. The SMILES string of the molecule is CC1CCC2(CC1)NC(=O)N(NC(=O)COc1ccccc1C=O)C2=O. The van der Waals surface area contributed by atoms with Crippen LogP contribution >= 0.6 is 0 Å². The topological polar surface area (TPSA) is 105 Å². The van der Waals surface area contributed by atoms with E-state index < -0.39 is 30.0 Å². The van der Waals surface area contributed by atoms with Crippen LogP contribution in [0.5, 0.6) is 5.75 Å². The van der Waals surface area contributed by atoms with Gasteiger partial charge in [-0.25, -0.2) is 4.79 Å². The number of urea groups is 1. The molecule has 1 saturated heterocycles. The minimum atomic E-state index is -0.915. The highest BCUT2D eigenvalue weighted by molar-refractivity contribution is 6.08. The highest BCUT2D eigenvalue weighted by Gasteiger charge is 2.52. The van der Waals surface area contributed by atoms with E-state index in [1.807, 2.05) is 0 Å². The molecule has 1 aromatic carbocycles. The molecule has 1 heterocycles. The number of hydrogen-bond acceptors (Lipinski definition) is 5. The maximum Gasteiger partial charge on any atom is 0.344 e. The highest BCUT2D eigenvalue weighted by atomic mass is 16.5. The van der Waals surface area contributed by atoms with Crippen LogP contribution in [0.1, 0.15) is 43.0 Å². The van der Waals surface area contributed by atoms with Gasteiger partial charge in [0.2, 0.25) is 0 Å². The molecule has 1 aromatic rings. The molecule has 4 amide bonds. The van der Waals surface area contributed by atoms with Crippen molar-refractivity contribution in [1.82, 2.24) is 15.8 Å². The Morgan fingerprint density at radius 3 is 2.73 bits per heavy atom. The van der Waals surface area contributed by atoms with Gasteiger partial charge in [0.05, 0.1) is 5.56 Å². The number of carbonyl (C=O) groups is 4. The van der Waals surface area contributed by atoms with Crippen LogP contribution in [0.15, 0.2) is 24.3 Å². The van der Waals surface area contributed by atoms with Gasteiger partial charge in [0, 0.05) is 0 Å². The fraction of sp³-hybridized carbons (Fsp3) is 0.444. The molecule has 0 atom stereocenters. The second-order valence-electron chi connectivity index (χ2n) is 6.81. The van der Waals surface area contributed by atoms with E-state index in [1.54, 1.807) is 24.3 Å². The average molecular weight is 359 g/mol. The van der Waals surface area contributed by atoms with Crippen molar-refractivity contribution in [2.75, 3.05) is 6.61 Å². The first-order valence-corrected chi connectivity index (χ1v) is 8.58. The molecule has 0 radical (unpaired) electrons. The number of hydrazine groups is 1. The van der Waals surface area contributed by atoms with Crippen molar-refractivity contribution >= 4 is 24.1 Å². The van der Waals surface area contributed by atoms with Gasteiger partial charge in [-0.05, 0) is 43.7 Å². The zero-order chi connectivity index (χ0) is 18.7. The third-order valence-electron chi connectivity index (χ3n) is 4.93. The van der Waals surface area contributed by atoms with Crippen molar-refractivity contribution in [2.24, 2.45) is 5.92 Å². The van der Waals surface area contributed by atoms with Crippen molar-refractivity contribution in [3.05, 3.63) is 29.8 Å². The van der Waals surface area contributed by atoms with Gasteiger partial charge >= 0.3 is 6.03 Å². The second kappa shape index (κ2) is 7.15. The Hall–Kier alpha value is -2.90. The third-order valence-corrected chi connectivity index (χ3v) is 4.93. The Kier molecular flexibility index (Phi) is 4.92. The van der Waals surface area contributed by atoms with Crippen molar-refractivity contribution in [3.63, 3.8) is 0 Å². The highest BCUT2D eigenvalue weighted by Crippen LogP contribution is 2.35. The summed E-state index contributed by atoms with van der Waals surface area (Å²) < 4.78 is 5.31. The van der Waals surface area contributed by atoms with Crippen molar-refractivity contribution in [3.8, 4) is 5.75 Å². The normalized spacial score (nSPS) is 25.1. The van der Waals surface area contributed by atoms with Gasteiger partial charge in [-0.2, -0.15) is 5.01 Å². The summed E-state index contributed by atoms with van der Waals surface area (Å²) in [5.74, 6) is -0.320. The summed E-state index contributed by atoms with van der Waals surface area (Å²) in [4.78, 5) is 47.8. The fourth-order valence-corrected chi connectivity index (χ4v) is 3.33. The summed E-state index contributed by atoms with van der Waals surface area (Å²) in [6.07, 6.45) is 3.44. The van der Waals surface area contributed by atoms with Crippen LogP contribution in [0.3, 0.4) is 0 Å². The van der Waals surface area contributed by atoms with Gasteiger partial charge in [0.25, 0.3) is 11.8 Å². The van der Waals surface area contributed by atoms with Gasteiger partial charge in [0.1, 0.15) is 11.3 Å². The van der Waals surface area contributed by atoms with E-state index in [0.717, 1.165) is 17.9 Å². The van der Waals surface area contributed by atoms with E-state index in [4.69, 9.17) is 4.74 Å². The monoisotopic (exact) mass is 359 g/mol. The van der Waals surface area contributed by atoms with Gasteiger partial charge < -0.3 is 10.1 Å². The minimum absolute atomic E-state index is 0.257. The molecule has 2 aliphatic rings. The predicted molar refractivity (Wildman–Crippen MR) is 91.2 cm³/mol. The standard InChI is InChI=1S/C18H21N3O5/c1-12-6-8-18(9-7-12)16(24)21(17(25)19-18)20-15(23)11-26-14-5-3-2-4-13(14)10-22/h2-5,10,12H,6-9,11H2,1H3,(H,19,25)(H,20,23). The lowest BCUT2D eigenvalue weighted by Gasteiger charge is -2.33. The Morgan fingerprint density at radius 2 is 2.04 bits per heavy atom. The molecule has 1 spiro atoms. The molecule has 1 aliphatic carbocycles. The minimum Gasteiger partial charge on any atom is -0.483 e. The molecule has 26 heavy (non-hydrogen) atoms. The molecule has 2 N–H and O–H groups in total. The number of ether oxygens (including phenoxy) is 1. The first kappa shape index (κ1) is 17.9. The molecule has 1 aliphatic heterocycles. The maximum absolute atomic E-state index is 12.7. The largest absolute Gasteiger partial charge is 0.483 e. The van der Waals surface area contributed by atoms with Crippen molar-refractivity contribution < 1.29 is 23.9 Å². The van der Waals surface area contributed by atoms with Crippen molar-refractivity contribution in [2.45, 2.75) is 38.1 Å². The number of nitrogens with one attached hydrogen (secondary N) is 2. The third kappa shape index (κ3) is 3.40. The molecular formula is C18H21N3O5. The Labute approximate surface area is 150 Å². The number of amides is 4. The smallest absolute Gasteiger partial charge is 0.344 e. The number of hydrogen-bond donors (Lipinski definition) is 2. The summed E-state index contributed by atoms with van der Waals surface area (Å²) in [7, 11) is 0. The average Bonchev–Trinajstić information content (AvgIpc) is 2.87. The summed E-state index contributed by atoms with van der Waals surface area (Å²) >= 11 is 0. The predicted octanol–water partition coefficient (Wildman–Crippen LogP) is 1.41. The number of para-hydroxylation sites is 1. The van der Waals surface area contributed by atoms with Gasteiger partial charge in [-0.15, -0.1) is 0 Å². The van der Waals surface area contributed by atoms with Crippen LogP contribution in [0, 0.1) is 5.92 Å². The lowest BCUT2D eigenvalue weighted by atomic mass is 9.77. The van der Waals surface area contributed by atoms with Crippen LogP contribution in [-0.2, 0) is 9.59 Å². The number of imide groups is 1. The quantitative estimate of drug-likeness (QED) is 0.611. The van der Waals surface area contributed by atoms with Gasteiger partial charge in [0.15, 0.2) is 12.9 Å². The zero-order valence-corrected chi connectivity index (χ0v) is 14.5. The molecule has 0 aromatic heterocycles. The van der Waals surface area contributed by atoms with E-state index in [1.165, 1.54) is 0 Å². The number of aldehydes is 1. The van der Waals surface area contributed by atoms with Crippen LogP contribution in [0.4, 0.5) is 4.79 Å². The number of carbonyl (C=O) groups excluding carboxylic acids is 4. The molecule has 8 heteroatoms. The Morgan fingerprint density at radius 1 is 1.35 bits per heavy atom. The number of nitrogens with zero attached hydrogens (tertiary/aromatic N) is 1. The van der Waals surface area contributed by atoms with Gasteiger partial charge in [-0.3, -0.25) is 19.8 Å². The first-order chi connectivity index (χ1) is 12.4. The lowest BCUT2D eigenvalue weighted by molar-refractivity contribution is -0.140. The lowest BCUT2D eigenvalue weighted by Crippen LogP contribution is -2.52. The molecule has 3 rings (SSSR count). The summed E-state index contributed by atoms with van der Waals surface area (Å²) in [6.45, 7) is 1.69. The Balaban J connectivity index is 1.60. The molecule has 0 unspecified atom stereocenters. The summed E-state index contributed by atoms with van der Waals surface area (Å²) in [6, 6.07) is 5.83. The van der Waals surface area contributed by atoms with E-state index in [2.05, 4.69) is 17.7 Å². The first-order valence-electron chi connectivity index (χ1n) is 8.58. The molecule has 0 bridgehead atoms. The molecular weight excluding hydrogens is 338 g/mol. The van der Waals surface area contributed by atoms with Crippen LogP contribution in [-0.4, -0.2) is 41.3 Å². The van der Waals surface area contributed by atoms with Crippen molar-refractivity contribution in [1.29, 1.82) is 0 Å². The van der Waals surface area contributed by atoms with Crippen LogP contribution < -0.4 is 15.5 Å². The fourth-order valence-electron chi connectivity index (χ4n) is 3.33. The number of benzene rings is 1. The van der Waals surface area contributed by atoms with E-state index in [9.17, 15) is 19.2 Å². The maximum atomic E-state index is 12.7. The van der Waals surface area contributed by atoms with E-state index >= 15 is 0 Å². The molecule has 138 valence electrons. The van der Waals surface area contributed by atoms with E-state index in [0.29, 0.717) is 30.6 Å². The second-order valence-corrected chi connectivity index (χ2v) is 6.81. The van der Waals surface area contributed by atoms with E-state index in [-0.39, 0.29) is 5.75 Å². The molecule has 1 saturated carbocycles.